The predicted molar refractivity (Wildman–Crippen MR) is 107 cm³/mol. The van der Waals surface area contributed by atoms with Crippen molar-refractivity contribution in [3.63, 3.8) is 0 Å². The zero-order chi connectivity index (χ0) is 19.4. The number of hydrogen-bond acceptors (Lipinski definition) is 3. The Morgan fingerprint density at radius 1 is 0.929 bits per heavy atom. The SMILES string of the molecule is C[C-]1C=C(OP(=O)(O)O)C=CC(c2ccc(-c3ccc(C=N)cc3)cc2)=C1.[Y]. The largest absolute Gasteiger partial charge is 0.512 e. The van der Waals surface area contributed by atoms with Gasteiger partial charge < -0.3 is 9.93 Å². The summed E-state index contributed by atoms with van der Waals surface area (Å²) in [7, 11) is -4.59. The quantitative estimate of drug-likeness (QED) is 0.331. The Labute approximate surface area is 189 Å². The van der Waals surface area contributed by atoms with Gasteiger partial charge in [-0.2, -0.15) is 12.0 Å². The average molecular weight is 469 g/mol. The zero-order valence-corrected chi connectivity index (χ0v) is 19.0. The van der Waals surface area contributed by atoms with Crippen molar-refractivity contribution >= 4 is 19.6 Å². The molecule has 3 rings (SSSR count). The van der Waals surface area contributed by atoms with E-state index < -0.39 is 7.82 Å². The summed E-state index contributed by atoms with van der Waals surface area (Å²) in [5, 5.41) is 7.26. The van der Waals surface area contributed by atoms with Crippen LogP contribution in [0.5, 0.6) is 0 Å². The van der Waals surface area contributed by atoms with Gasteiger partial charge in [-0.15, -0.1) is 17.7 Å². The van der Waals surface area contributed by atoms with Gasteiger partial charge in [-0.3, -0.25) is 9.79 Å². The van der Waals surface area contributed by atoms with Crippen molar-refractivity contribution in [3.05, 3.63) is 95.6 Å². The van der Waals surface area contributed by atoms with Crippen LogP contribution < -0.4 is 0 Å². The van der Waals surface area contributed by atoms with Crippen LogP contribution in [-0.4, -0.2) is 16.0 Å². The van der Waals surface area contributed by atoms with Crippen molar-refractivity contribution in [2.75, 3.05) is 0 Å². The Hall–Kier alpha value is -1.75. The molecule has 0 amide bonds. The van der Waals surface area contributed by atoms with Gasteiger partial charge >= 0.3 is 7.82 Å². The summed E-state index contributed by atoms with van der Waals surface area (Å²) in [6.45, 7) is 1.84. The fourth-order valence-electron chi connectivity index (χ4n) is 2.78. The van der Waals surface area contributed by atoms with Crippen LogP contribution in [0.3, 0.4) is 0 Å². The average Bonchev–Trinajstić information content (AvgIpc) is 2.81. The van der Waals surface area contributed by atoms with Gasteiger partial charge in [0, 0.05) is 44.7 Å². The molecule has 0 heterocycles. The van der Waals surface area contributed by atoms with Crippen molar-refractivity contribution in [1.29, 1.82) is 5.41 Å². The normalized spacial score (nSPS) is 13.8. The first-order chi connectivity index (χ1) is 12.8. The molecule has 2 aromatic carbocycles. The summed E-state index contributed by atoms with van der Waals surface area (Å²) in [5.74, 6) is 0.944. The van der Waals surface area contributed by atoms with Crippen LogP contribution in [0.15, 0.2) is 78.6 Å². The van der Waals surface area contributed by atoms with E-state index in [1.807, 2.05) is 61.5 Å². The number of rotatable bonds is 5. The third-order valence-corrected chi connectivity index (χ3v) is 4.48. The molecule has 5 nitrogen and oxygen atoms in total. The molecule has 0 saturated carbocycles. The number of allylic oxidation sites excluding steroid dienone is 5. The molecule has 3 N–H and O–H groups in total. The van der Waals surface area contributed by atoms with Gasteiger partial charge in [-0.25, -0.2) is 4.57 Å². The molecule has 1 aliphatic carbocycles. The van der Waals surface area contributed by atoms with Crippen molar-refractivity contribution < 1.29 is 51.6 Å². The zero-order valence-electron chi connectivity index (χ0n) is 15.2. The molecule has 1 radical (unpaired) electrons. The van der Waals surface area contributed by atoms with E-state index in [1.54, 1.807) is 18.2 Å². The molecular formula is C21H19NO4PY-. The predicted octanol–water partition coefficient (Wildman–Crippen LogP) is 4.89. The molecule has 0 saturated heterocycles. The fourth-order valence-corrected chi connectivity index (χ4v) is 3.17. The van der Waals surface area contributed by atoms with E-state index >= 15 is 0 Å². The fraction of sp³-hybridized carbons (Fsp3) is 0.0476. The summed E-state index contributed by atoms with van der Waals surface area (Å²) in [4.78, 5) is 18.0. The van der Waals surface area contributed by atoms with Gasteiger partial charge in [0.15, 0.2) is 0 Å². The minimum Gasteiger partial charge on any atom is -0.467 e. The molecule has 1 aliphatic rings. The molecule has 0 fully saturated rings. The van der Waals surface area contributed by atoms with Crippen LogP contribution in [0.4, 0.5) is 0 Å². The standard InChI is InChI=1S/C21H19NO4P.Y/c1-15-12-20(10-11-21(13-15)26-27(23,24)25)19-8-6-18(7-9-19)17-4-2-16(14-22)3-5-17;/h2-14,22H,1H3,(H2,23,24,25);/q-1;. The van der Waals surface area contributed by atoms with E-state index in [1.165, 1.54) is 6.21 Å². The van der Waals surface area contributed by atoms with Crippen LogP contribution in [0, 0.1) is 11.3 Å². The number of benzene rings is 2. The topological polar surface area (TPSA) is 90.6 Å². The molecule has 0 aliphatic heterocycles. The van der Waals surface area contributed by atoms with E-state index in [4.69, 9.17) is 15.2 Å². The molecule has 7 heteroatoms. The van der Waals surface area contributed by atoms with Crippen LogP contribution in [0.1, 0.15) is 18.1 Å². The molecule has 2 aromatic rings. The maximum Gasteiger partial charge on any atom is 0.512 e. The van der Waals surface area contributed by atoms with E-state index in [0.29, 0.717) is 0 Å². The summed E-state index contributed by atoms with van der Waals surface area (Å²) in [6.07, 6.45) is 8.15. The van der Waals surface area contributed by atoms with Gasteiger partial charge in [0.05, 0.1) is 0 Å². The Balaban J connectivity index is 0.00000280. The van der Waals surface area contributed by atoms with Gasteiger partial charge in [0.1, 0.15) is 0 Å². The van der Waals surface area contributed by atoms with Crippen molar-refractivity contribution in [2.45, 2.75) is 6.92 Å². The van der Waals surface area contributed by atoms with Crippen LogP contribution in [0.25, 0.3) is 16.7 Å². The molecule has 0 aromatic heterocycles. The molecule has 0 spiro atoms. The van der Waals surface area contributed by atoms with Gasteiger partial charge in [-0.1, -0.05) is 67.1 Å². The Kier molecular flexibility index (Phi) is 7.76. The second-order valence-electron chi connectivity index (χ2n) is 6.15. The maximum absolute atomic E-state index is 11.0. The number of phosphoric ester groups is 1. The summed E-state index contributed by atoms with van der Waals surface area (Å²) in [5.41, 5.74) is 4.89. The Morgan fingerprint density at radius 3 is 2.00 bits per heavy atom. The van der Waals surface area contributed by atoms with Crippen molar-refractivity contribution in [2.24, 2.45) is 0 Å². The van der Waals surface area contributed by atoms with Crippen molar-refractivity contribution in [1.82, 2.24) is 0 Å². The number of nitrogens with one attached hydrogen (secondary N) is 1. The molecule has 0 atom stereocenters. The summed E-state index contributed by atoms with van der Waals surface area (Å²) >= 11 is 0. The van der Waals surface area contributed by atoms with Gasteiger partial charge in [0.25, 0.3) is 0 Å². The smallest absolute Gasteiger partial charge is 0.467 e. The maximum atomic E-state index is 11.0. The summed E-state index contributed by atoms with van der Waals surface area (Å²) in [6, 6.07) is 15.8. The first kappa shape index (κ1) is 22.5. The number of hydrogen-bond donors (Lipinski definition) is 3. The first-order valence-corrected chi connectivity index (χ1v) is 9.79. The molecule has 141 valence electrons. The third kappa shape index (κ3) is 6.13. The molecule has 0 unspecified atom stereocenters. The van der Waals surface area contributed by atoms with Gasteiger partial charge in [-0.05, 0) is 16.7 Å². The second-order valence-corrected chi connectivity index (χ2v) is 7.31. The molecule has 28 heavy (non-hydrogen) atoms. The third-order valence-electron chi connectivity index (χ3n) is 4.03. The summed E-state index contributed by atoms with van der Waals surface area (Å²) < 4.78 is 15.7. The Bertz CT molecular complexity index is 972. The monoisotopic (exact) mass is 469 g/mol. The van der Waals surface area contributed by atoms with E-state index in [0.717, 1.165) is 33.7 Å². The minimum atomic E-state index is -4.59. The molecule has 0 bridgehead atoms. The second kappa shape index (κ2) is 9.64. The van der Waals surface area contributed by atoms with Crippen LogP contribution in [0.2, 0.25) is 0 Å². The number of phosphoric acid groups is 1. The van der Waals surface area contributed by atoms with Crippen molar-refractivity contribution in [3.8, 4) is 11.1 Å². The molecular weight excluding hydrogens is 450 g/mol. The van der Waals surface area contributed by atoms with Crippen LogP contribution >= 0.6 is 7.82 Å². The van der Waals surface area contributed by atoms with Crippen LogP contribution in [-0.2, 0) is 41.8 Å². The van der Waals surface area contributed by atoms with E-state index in [2.05, 4.69) is 4.52 Å². The van der Waals surface area contributed by atoms with E-state index in [9.17, 15) is 4.57 Å². The Morgan fingerprint density at radius 2 is 1.46 bits per heavy atom. The minimum absolute atomic E-state index is 0. The first-order valence-electron chi connectivity index (χ1n) is 8.25. The van der Waals surface area contributed by atoms with E-state index in [-0.39, 0.29) is 38.5 Å². The van der Waals surface area contributed by atoms with Gasteiger partial charge in [0.2, 0.25) is 0 Å².